The first-order valence-electron chi connectivity index (χ1n) is 4.61. The van der Waals surface area contributed by atoms with Crippen LogP contribution in [0.15, 0.2) is 16.6 Å². The van der Waals surface area contributed by atoms with Gasteiger partial charge in [0.25, 0.3) is 0 Å². The monoisotopic (exact) mass is 325 g/mol. The molecule has 0 aliphatic heterocycles. The van der Waals surface area contributed by atoms with Gasteiger partial charge in [-0.15, -0.1) is 0 Å². The molecular formula is C10H10BrCl2NO2. The Labute approximate surface area is 112 Å². The van der Waals surface area contributed by atoms with Gasteiger partial charge in [0.1, 0.15) is 0 Å². The quantitative estimate of drug-likeness (QED) is 0.803. The van der Waals surface area contributed by atoms with Crippen molar-refractivity contribution in [3.05, 3.63) is 26.7 Å². The van der Waals surface area contributed by atoms with Crippen molar-refractivity contribution in [1.29, 1.82) is 0 Å². The molecule has 0 aromatic heterocycles. The average molecular weight is 327 g/mol. The van der Waals surface area contributed by atoms with Gasteiger partial charge >= 0.3 is 5.97 Å². The summed E-state index contributed by atoms with van der Waals surface area (Å²) in [5.41, 5.74) is 0.636. The fourth-order valence-corrected chi connectivity index (χ4v) is 2.51. The largest absolute Gasteiger partial charge is 0.481 e. The SMILES string of the molecule is O=C(O)CCCNc1c(Cl)cc(Br)cc1Cl. The molecule has 2 N–H and O–H groups in total. The molecule has 0 spiro atoms. The van der Waals surface area contributed by atoms with E-state index in [1.165, 1.54) is 0 Å². The number of rotatable bonds is 5. The van der Waals surface area contributed by atoms with Crippen LogP contribution in [0.3, 0.4) is 0 Å². The molecule has 0 saturated heterocycles. The van der Waals surface area contributed by atoms with Gasteiger partial charge in [-0.1, -0.05) is 39.1 Å². The maximum Gasteiger partial charge on any atom is 0.303 e. The minimum atomic E-state index is -0.810. The Hall–Kier alpha value is -0.450. The maximum atomic E-state index is 10.3. The second-order valence-corrected chi connectivity index (χ2v) is 4.90. The summed E-state index contributed by atoms with van der Waals surface area (Å²) in [7, 11) is 0. The lowest BCUT2D eigenvalue weighted by Gasteiger charge is -2.10. The van der Waals surface area contributed by atoms with Crippen LogP contribution in [0, 0.1) is 0 Å². The van der Waals surface area contributed by atoms with Crippen LogP contribution in [0.25, 0.3) is 0 Å². The maximum absolute atomic E-state index is 10.3. The standard InChI is InChI=1S/C10H10BrCl2NO2/c11-6-4-7(12)10(8(13)5-6)14-3-1-2-9(15)16/h4-5,14H,1-3H2,(H,15,16). The van der Waals surface area contributed by atoms with Crippen LogP contribution in [0.2, 0.25) is 10.0 Å². The number of carboxylic acid groups (broad SMARTS) is 1. The van der Waals surface area contributed by atoms with E-state index in [0.29, 0.717) is 28.7 Å². The molecule has 16 heavy (non-hydrogen) atoms. The highest BCUT2D eigenvalue weighted by Gasteiger charge is 2.07. The number of hydrogen-bond acceptors (Lipinski definition) is 2. The summed E-state index contributed by atoms with van der Waals surface area (Å²) in [6.07, 6.45) is 0.650. The first kappa shape index (κ1) is 13.6. The molecule has 88 valence electrons. The van der Waals surface area contributed by atoms with Crippen molar-refractivity contribution in [1.82, 2.24) is 0 Å². The number of hydrogen-bond donors (Lipinski definition) is 2. The summed E-state index contributed by atoms with van der Waals surface area (Å²) in [6, 6.07) is 3.46. The highest BCUT2D eigenvalue weighted by Crippen LogP contribution is 2.33. The second-order valence-electron chi connectivity index (χ2n) is 3.17. The van der Waals surface area contributed by atoms with E-state index in [2.05, 4.69) is 21.2 Å². The van der Waals surface area contributed by atoms with Gasteiger partial charge in [-0.25, -0.2) is 0 Å². The Kier molecular flexibility index (Phi) is 5.38. The molecule has 1 aromatic rings. The van der Waals surface area contributed by atoms with Crippen molar-refractivity contribution in [3.8, 4) is 0 Å². The van der Waals surface area contributed by atoms with Crippen LogP contribution >= 0.6 is 39.1 Å². The molecule has 1 aromatic carbocycles. The highest BCUT2D eigenvalue weighted by atomic mass is 79.9. The van der Waals surface area contributed by atoms with E-state index in [-0.39, 0.29) is 6.42 Å². The van der Waals surface area contributed by atoms with Gasteiger partial charge in [0, 0.05) is 17.4 Å². The lowest BCUT2D eigenvalue weighted by Crippen LogP contribution is -2.05. The molecule has 0 aliphatic rings. The first-order valence-corrected chi connectivity index (χ1v) is 6.16. The van der Waals surface area contributed by atoms with Crippen molar-refractivity contribution in [2.45, 2.75) is 12.8 Å². The van der Waals surface area contributed by atoms with Gasteiger partial charge in [0.2, 0.25) is 0 Å². The van der Waals surface area contributed by atoms with E-state index in [9.17, 15) is 4.79 Å². The fourth-order valence-electron chi connectivity index (χ4n) is 1.16. The predicted octanol–water partition coefficient (Wildman–Crippen LogP) is 4.03. The number of halogens is 3. The van der Waals surface area contributed by atoms with E-state index in [0.717, 1.165) is 4.47 Å². The zero-order chi connectivity index (χ0) is 12.1. The van der Waals surface area contributed by atoms with Gasteiger partial charge in [-0.3, -0.25) is 4.79 Å². The number of anilines is 1. The smallest absolute Gasteiger partial charge is 0.303 e. The molecule has 0 amide bonds. The summed E-state index contributed by atoms with van der Waals surface area (Å²) in [5.74, 6) is -0.810. The number of nitrogens with one attached hydrogen (secondary N) is 1. The van der Waals surface area contributed by atoms with Gasteiger partial charge in [-0.2, -0.15) is 0 Å². The van der Waals surface area contributed by atoms with E-state index in [1.807, 2.05) is 0 Å². The van der Waals surface area contributed by atoms with Crippen LogP contribution in [0.1, 0.15) is 12.8 Å². The van der Waals surface area contributed by atoms with Crippen LogP contribution in [0.4, 0.5) is 5.69 Å². The minimum Gasteiger partial charge on any atom is -0.481 e. The van der Waals surface area contributed by atoms with Gasteiger partial charge in [-0.05, 0) is 18.6 Å². The summed E-state index contributed by atoms with van der Waals surface area (Å²) in [4.78, 5) is 10.3. The van der Waals surface area contributed by atoms with Crippen molar-refractivity contribution >= 4 is 50.8 Å². The molecule has 0 atom stereocenters. The predicted molar refractivity (Wildman–Crippen MR) is 69.5 cm³/mol. The Morgan fingerprint density at radius 2 is 1.94 bits per heavy atom. The van der Waals surface area contributed by atoms with E-state index in [1.54, 1.807) is 12.1 Å². The second kappa shape index (κ2) is 6.33. The molecule has 6 heteroatoms. The van der Waals surface area contributed by atoms with Crippen LogP contribution in [-0.2, 0) is 4.79 Å². The third-order valence-electron chi connectivity index (χ3n) is 1.88. The van der Waals surface area contributed by atoms with Gasteiger partial charge in [0.15, 0.2) is 0 Å². The molecule has 3 nitrogen and oxygen atoms in total. The first-order chi connectivity index (χ1) is 7.50. The number of benzene rings is 1. The van der Waals surface area contributed by atoms with Crippen LogP contribution in [0.5, 0.6) is 0 Å². The van der Waals surface area contributed by atoms with E-state index in [4.69, 9.17) is 28.3 Å². The Morgan fingerprint density at radius 3 is 2.44 bits per heavy atom. The zero-order valence-electron chi connectivity index (χ0n) is 8.27. The Balaban J connectivity index is 2.57. The average Bonchev–Trinajstić information content (AvgIpc) is 2.14. The molecule has 0 aliphatic carbocycles. The zero-order valence-corrected chi connectivity index (χ0v) is 11.4. The number of carboxylic acids is 1. The summed E-state index contributed by atoms with van der Waals surface area (Å²) < 4.78 is 0.804. The third-order valence-corrected chi connectivity index (χ3v) is 2.93. The fraction of sp³-hybridized carbons (Fsp3) is 0.300. The van der Waals surface area contributed by atoms with Crippen molar-refractivity contribution < 1.29 is 9.90 Å². The van der Waals surface area contributed by atoms with E-state index < -0.39 is 5.97 Å². The molecule has 0 fully saturated rings. The highest BCUT2D eigenvalue weighted by molar-refractivity contribution is 9.10. The minimum absolute atomic E-state index is 0.124. The molecule has 0 saturated carbocycles. The molecule has 0 unspecified atom stereocenters. The molecular weight excluding hydrogens is 317 g/mol. The molecule has 0 bridgehead atoms. The Bertz CT molecular complexity index is 375. The van der Waals surface area contributed by atoms with Crippen LogP contribution in [-0.4, -0.2) is 17.6 Å². The normalized spacial score (nSPS) is 10.2. The number of carbonyl (C=O) groups is 1. The van der Waals surface area contributed by atoms with Gasteiger partial charge in [0.05, 0.1) is 15.7 Å². The molecule has 1 rings (SSSR count). The molecule has 0 radical (unpaired) electrons. The number of aliphatic carboxylic acids is 1. The lowest BCUT2D eigenvalue weighted by molar-refractivity contribution is -0.137. The third kappa shape index (κ3) is 4.20. The Morgan fingerprint density at radius 1 is 1.38 bits per heavy atom. The van der Waals surface area contributed by atoms with E-state index >= 15 is 0 Å². The van der Waals surface area contributed by atoms with Crippen molar-refractivity contribution in [2.75, 3.05) is 11.9 Å². The summed E-state index contributed by atoms with van der Waals surface area (Å²) in [6.45, 7) is 0.521. The summed E-state index contributed by atoms with van der Waals surface area (Å²) >= 11 is 15.2. The topological polar surface area (TPSA) is 49.3 Å². The van der Waals surface area contributed by atoms with Crippen molar-refractivity contribution in [2.24, 2.45) is 0 Å². The summed E-state index contributed by atoms with van der Waals surface area (Å²) in [5, 5.41) is 12.5. The van der Waals surface area contributed by atoms with Crippen LogP contribution < -0.4 is 5.32 Å². The van der Waals surface area contributed by atoms with Gasteiger partial charge < -0.3 is 10.4 Å². The van der Waals surface area contributed by atoms with Crippen molar-refractivity contribution in [3.63, 3.8) is 0 Å². The molecule has 0 heterocycles. The lowest BCUT2D eigenvalue weighted by atomic mass is 10.3.